The van der Waals surface area contributed by atoms with Gasteiger partial charge in [-0.05, 0) is 0 Å². The van der Waals surface area contributed by atoms with Crippen molar-refractivity contribution in [3.8, 4) is 0 Å². The highest BCUT2D eigenvalue weighted by Gasteiger charge is 1.99. The van der Waals surface area contributed by atoms with Gasteiger partial charge in [-0.15, -0.1) is 11.6 Å². The number of aliphatic hydroxyl groups is 1. The first kappa shape index (κ1) is 9.17. The lowest BCUT2D eigenvalue weighted by Gasteiger charge is -2.05. The van der Waals surface area contributed by atoms with Crippen molar-refractivity contribution >= 4 is 11.6 Å². The second kappa shape index (κ2) is 6.29. The van der Waals surface area contributed by atoms with Gasteiger partial charge in [0.05, 0.1) is 18.6 Å². The van der Waals surface area contributed by atoms with E-state index in [0.717, 1.165) is 0 Å². The molecule has 0 aliphatic heterocycles. The van der Waals surface area contributed by atoms with Gasteiger partial charge in [-0.2, -0.15) is 0 Å². The standard InChI is InChI=1S/C5H11ClO3/c1-8-4-9-3-5(7)2-6/h5,7H,2-4H2,1H3. The van der Waals surface area contributed by atoms with Gasteiger partial charge in [0, 0.05) is 7.11 Å². The molecule has 0 bridgehead atoms. The minimum Gasteiger partial charge on any atom is -0.389 e. The fourth-order valence-corrected chi connectivity index (χ4v) is 0.401. The first-order valence-electron chi connectivity index (χ1n) is 2.62. The van der Waals surface area contributed by atoms with Crippen molar-refractivity contribution in [1.82, 2.24) is 0 Å². The van der Waals surface area contributed by atoms with Crippen molar-refractivity contribution in [2.24, 2.45) is 0 Å². The van der Waals surface area contributed by atoms with E-state index in [1.165, 1.54) is 7.11 Å². The van der Waals surface area contributed by atoms with Gasteiger partial charge in [0.2, 0.25) is 0 Å². The van der Waals surface area contributed by atoms with Crippen molar-refractivity contribution in [3.05, 3.63) is 0 Å². The van der Waals surface area contributed by atoms with Gasteiger partial charge in [-0.1, -0.05) is 0 Å². The van der Waals surface area contributed by atoms with E-state index in [9.17, 15) is 0 Å². The van der Waals surface area contributed by atoms with E-state index in [0.29, 0.717) is 0 Å². The Morgan fingerprint density at radius 2 is 2.33 bits per heavy atom. The van der Waals surface area contributed by atoms with Crippen LogP contribution in [-0.2, 0) is 9.47 Å². The number of aliphatic hydroxyl groups excluding tert-OH is 1. The van der Waals surface area contributed by atoms with Crippen molar-refractivity contribution in [2.75, 3.05) is 26.4 Å². The lowest BCUT2D eigenvalue weighted by Crippen LogP contribution is -2.17. The molecule has 3 nitrogen and oxygen atoms in total. The predicted molar refractivity (Wildman–Crippen MR) is 34.6 cm³/mol. The van der Waals surface area contributed by atoms with Crippen molar-refractivity contribution in [2.45, 2.75) is 6.10 Å². The maximum Gasteiger partial charge on any atom is 0.146 e. The summed E-state index contributed by atoms with van der Waals surface area (Å²) < 4.78 is 9.34. The van der Waals surface area contributed by atoms with Crippen LogP contribution in [0.25, 0.3) is 0 Å². The third kappa shape index (κ3) is 6.05. The topological polar surface area (TPSA) is 38.7 Å². The van der Waals surface area contributed by atoms with Crippen LogP contribution in [0.15, 0.2) is 0 Å². The maximum absolute atomic E-state index is 8.77. The smallest absolute Gasteiger partial charge is 0.146 e. The Hall–Kier alpha value is 0.170. The van der Waals surface area contributed by atoms with Crippen molar-refractivity contribution in [3.63, 3.8) is 0 Å². The van der Waals surface area contributed by atoms with E-state index in [1.54, 1.807) is 0 Å². The summed E-state index contributed by atoms with van der Waals surface area (Å²) in [6.07, 6.45) is -0.582. The van der Waals surface area contributed by atoms with Gasteiger partial charge in [0.25, 0.3) is 0 Å². The van der Waals surface area contributed by atoms with E-state index in [2.05, 4.69) is 4.74 Å². The van der Waals surface area contributed by atoms with Gasteiger partial charge < -0.3 is 14.6 Å². The summed E-state index contributed by atoms with van der Waals surface area (Å²) in [6.45, 7) is 0.436. The Morgan fingerprint density at radius 1 is 1.67 bits per heavy atom. The minimum atomic E-state index is -0.582. The molecule has 0 spiro atoms. The molecule has 0 saturated carbocycles. The second-order valence-electron chi connectivity index (χ2n) is 1.59. The molecule has 0 fully saturated rings. The van der Waals surface area contributed by atoms with Crippen molar-refractivity contribution < 1.29 is 14.6 Å². The molecule has 0 aromatic carbocycles. The summed E-state index contributed by atoms with van der Waals surface area (Å²) in [4.78, 5) is 0. The molecular formula is C5H11ClO3. The van der Waals surface area contributed by atoms with E-state index in [1.807, 2.05) is 0 Å². The summed E-state index contributed by atoms with van der Waals surface area (Å²) in [6, 6.07) is 0. The Bertz CT molecular complexity index is 60.2. The Kier molecular flexibility index (Phi) is 6.41. The molecule has 0 saturated heterocycles. The molecule has 0 aliphatic carbocycles. The highest BCUT2D eigenvalue weighted by Crippen LogP contribution is 1.88. The molecule has 0 heterocycles. The summed E-state index contributed by atoms with van der Waals surface area (Å²) in [5.74, 6) is 0.198. The highest BCUT2D eigenvalue weighted by atomic mass is 35.5. The number of methoxy groups -OCH3 is 1. The summed E-state index contributed by atoms with van der Waals surface area (Å²) in [5.41, 5.74) is 0. The van der Waals surface area contributed by atoms with Crippen LogP contribution in [0.4, 0.5) is 0 Å². The fourth-order valence-electron chi connectivity index (χ4n) is 0.312. The maximum atomic E-state index is 8.77. The van der Waals surface area contributed by atoms with Gasteiger partial charge in [0.1, 0.15) is 6.79 Å². The zero-order chi connectivity index (χ0) is 7.11. The lowest BCUT2D eigenvalue weighted by atomic mass is 10.4. The molecule has 0 rings (SSSR count). The molecule has 4 heteroatoms. The first-order valence-corrected chi connectivity index (χ1v) is 3.15. The third-order valence-corrected chi connectivity index (χ3v) is 1.05. The Morgan fingerprint density at radius 3 is 2.78 bits per heavy atom. The van der Waals surface area contributed by atoms with Crippen molar-refractivity contribution in [1.29, 1.82) is 0 Å². The second-order valence-corrected chi connectivity index (χ2v) is 1.89. The number of alkyl halides is 1. The van der Waals surface area contributed by atoms with E-state index < -0.39 is 6.10 Å². The predicted octanol–water partition coefficient (Wildman–Crippen LogP) is 0.207. The number of rotatable bonds is 5. The van der Waals surface area contributed by atoms with Gasteiger partial charge >= 0.3 is 0 Å². The van der Waals surface area contributed by atoms with Crippen LogP contribution in [0.3, 0.4) is 0 Å². The zero-order valence-electron chi connectivity index (χ0n) is 5.34. The van der Waals surface area contributed by atoms with E-state index in [-0.39, 0.29) is 19.3 Å². The highest BCUT2D eigenvalue weighted by molar-refractivity contribution is 6.18. The number of halogens is 1. The molecule has 1 N–H and O–H groups in total. The van der Waals surface area contributed by atoms with Gasteiger partial charge in [0.15, 0.2) is 0 Å². The average molecular weight is 155 g/mol. The minimum absolute atomic E-state index is 0.198. The molecule has 56 valence electrons. The van der Waals surface area contributed by atoms with Crippen LogP contribution in [-0.4, -0.2) is 37.6 Å². The molecule has 0 amide bonds. The summed E-state index contributed by atoms with van der Waals surface area (Å²) in [5, 5.41) is 8.77. The number of hydrogen-bond donors (Lipinski definition) is 1. The quantitative estimate of drug-likeness (QED) is 0.350. The molecule has 1 atom stereocenters. The molecule has 1 unspecified atom stereocenters. The van der Waals surface area contributed by atoms with Crippen LogP contribution < -0.4 is 0 Å². The Balaban J connectivity index is 2.88. The Labute approximate surface area is 59.5 Å². The van der Waals surface area contributed by atoms with Crippen LogP contribution in [0.1, 0.15) is 0 Å². The fraction of sp³-hybridized carbons (Fsp3) is 1.00. The molecular weight excluding hydrogens is 144 g/mol. The van der Waals surface area contributed by atoms with Gasteiger partial charge in [-0.25, -0.2) is 0 Å². The molecule has 0 aliphatic rings. The summed E-state index contributed by atoms with van der Waals surface area (Å²) >= 11 is 5.26. The lowest BCUT2D eigenvalue weighted by molar-refractivity contribution is -0.0570. The molecule has 0 aromatic heterocycles. The van der Waals surface area contributed by atoms with Crippen LogP contribution in [0.5, 0.6) is 0 Å². The van der Waals surface area contributed by atoms with Gasteiger partial charge in [-0.3, -0.25) is 0 Å². The normalized spacial score (nSPS) is 13.7. The monoisotopic (exact) mass is 154 g/mol. The molecule has 9 heavy (non-hydrogen) atoms. The molecule has 0 aromatic rings. The average Bonchev–Trinajstić information content (AvgIpc) is 1.89. The van der Waals surface area contributed by atoms with Crippen LogP contribution >= 0.6 is 11.6 Å². The van der Waals surface area contributed by atoms with Crippen LogP contribution in [0, 0.1) is 0 Å². The van der Waals surface area contributed by atoms with E-state index in [4.69, 9.17) is 21.4 Å². The summed E-state index contributed by atoms with van der Waals surface area (Å²) in [7, 11) is 1.52. The molecule has 0 radical (unpaired) electrons. The zero-order valence-corrected chi connectivity index (χ0v) is 6.10. The first-order chi connectivity index (χ1) is 4.31. The SMILES string of the molecule is COCOCC(O)CCl. The third-order valence-electron chi connectivity index (χ3n) is 0.690. The van der Waals surface area contributed by atoms with E-state index >= 15 is 0 Å². The number of ether oxygens (including phenoxy) is 2. The van der Waals surface area contributed by atoms with Crippen LogP contribution in [0.2, 0.25) is 0 Å². The number of hydrogen-bond acceptors (Lipinski definition) is 3. The largest absolute Gasteiger partial charge is 0.389 e.